The van der Waals surface area contributed by atoms with Crippen molar-refractivity contribution >= 4 is 11.7 Å². The van der Waals surface area contributed by atoms with E-state index < -0.39 is 11.8 Å². The zero-order valence-corrected chi connectivity index (χ0v) is 8.71. The van der Waals surface area contributed by atoms with Gasteiger partial charge < -0.3 is 10.5 Å². The van der Waals surface area contributed by atoms with Crippen LogP contribution in [-0.4, -0.2) is 11.7 Å². The number of rotatable bonds is 2. The molecule has 0 radical (unpaired) electrons. The average molecular weight is 228 g/mol. The molecule has 84 valence electrons. The summed E-state index contributed by atoms with van der Waals surface area (Å²) in [5.74, 6) is -1.93. The SMILES string of the molecule is N#CC(/C=C1/Oc2ccccc2C1=O)C(N)=O. The van der Waals surface area contributed by atoms with Crippen LogP contribution in [0.15, 0.2) is 36.1 Å². The Bertz CT molecular complexity index is 569. The molecule has 1 aliphatic heterocycles. The lowest BCUT2D eigenvalue weighted by atomic mass is 10.1. The Labute approximate surface area is 97.1 Å². The van der Waals surface area contributed by atoms with Gasteiger partial charge in [0.1, 0.15) is 11.7 Å². The van der Waals surface area contributed by atoms with E-state index in [0.717, 1.165) is 6.08 Å². The van der Waals surface area contributed by atoms with Crippen LogP contribution in [0.4, 0.5) is 0 Å². The molecule has 1 amide bonds. The number of Topliss-reactive ketones (excluding diaryl/α,β-unsaturated/α-hetero) is 1. The lowest BCUT2D eigenvalue weighted by molar-refractivity contribution is -0.119. The number of nitrogens with zero attached hydrogens (tertiary/aromatic N) is 1. The summed E-state index contributed by atoms with van der Waals surface area (Å²) < 4.78 is 5.25. The number of carbonyl (C=O) groups is 2. The minimum atomic E-state index is -1.16. The van der Waals surface area contributed by atoms with Crippen LogP contribution in [0.5, 0.6) is 5.75 Å². The zero-order chi connectivity index (χ0) is 12.4. The number of ketones is 1. The third-order valence-electron chi connectivity index (χ3n) is 2.34. The normalized spacial score (nSPS) is 17.1. The van der Waals surface area contributed by atoms with Gasteiger partial charge in [0.15, 0.2) is 5.76 Å². The van der Waals surface area contributed by atoms with Gasteiger partial charge in [0.2, 0.25) is 11.7 Å². The molecule has 17 heavy (non-hydrogen) atoms. The predicted octanol–water partition coefficient (Wildman–Crippen LogP) is 0.771. The van der Waals surface area contributed by atoms with E-state index in [9.17, 15) is 9.59 Å². The zero-order valence-electron chi connectivity index (χ0n) is 8.71. The number of ether oxygens (including phenoxy) is 1. The molecular formula is C12H8N2O3. The van der Waals surface area contributed by atoms with E-state index in [1.807, 2.05) is 0 Å². The number of carbonyl (C=O) groups excluding carboxylic acids is 2. The highest BCUT2D eigenvalue weighted by molar-refractivity contribution is 6.12. The number of allylic oxidation sites excluding steroid dienone is 1. The molecule has 2 rings (SSSR count). The number of nitrogens with two attached hydrogens (primary N) is 1. The molecule has 0 bridgehead atoms. The van der Waals surface area contributed by atoms with E-state index in [4.69, 9.17) is 15.7 Å². The first-order chi connectivity index (χ1) is 8.13. The lowest BCUT2D eigenvalue weighted by Gasteiger charge is -2.00. The fourth-order valence-electron chi connectivity index (χ4n) is 1.48. The fraction of sp³-hybridized carbons (Fsp3) is 0.0833. The van der Waals surface area contributed by atoms with Gasteiger partial charge in [0, 0.05) is 0 Å². The largest absolute Gasteiger partial charge is 0.453 e. The first kappa shape index (κ1) is 10.9. The molecule has 1 heterocycles. The monoisotopic (exact) mass is 228 g/mol. The van der Waals surface area contributed by atoms with Crippen molar-refractivity contribution in [1.82, 2.24) is 0 Å². The van der Waals surface area contributed by atoms with Crippen molar-refractivity contribution < 1.29 is 14.3 Å². The summed E-state index contributed by atoms with van der Waals surface area (Å²) in [6.07, 6.45) is 1.14. The molecule has 1 aromatic carbocycles. The van der Waals surface area contributed by atoms with Crippen LogP contribution in [0.25, 0.3) is 0 Å². The number of amides is 1. The average Bonchev–Trinajstić information content (AvgIpc) is 2.63. The van der Waals surface area contributed by atoms with Crippen molar-refractivity contribution in [3.63, 3.8) is 0 Å². The Morgan fingerprint density at radius 1 is 1.47 bits per heavy atom. The van der Waals surface area contributed by atoms with Crippen molar-refractivity contribution in [2.75, 3.05) is 0 Å². The van der Waals surface area contributed by atoms with E-state index in [1.165, 1.54) is 0 Å². The molecule has 1 aliphatic rings. The molecule has 0 saturated carbocycles. The summed E-state index contributed by atoms with van der Waals surface area (Å²) in [7, 11) is 0. The van der Waals surface area contributed by atoms with Gasteiger partial charge in [0.25, 0.3) is 0 Å². The van der Waals surface area contributed by atoms with Crippen molar-refractivity contribution in [3.8, 4) is 11.8 Å². The Morgan fingerprint density at radius 3 is 2.76 bits per heavy atom. The molecule has 2 N–H and O–H groups in total. The van der Waals surface area contributed by atoms with Gasteiger partial charge in [0.05, 0.1) is 11.6 Å². The minimum Gasteiger partial charge on any atom is -0.453 e. The molecule has 0 saturated heterocycles. The number of para-hydroxylation sites is 1. The second-order valence-electron chi connectivity index (χ2n) is 3.47. The maximum Gasteiger partial charge on any atom is 0.238 e. The summed E-state index contributed by atoms with van der Waals surface area (Å²) in [6.45, 7) is 0. The highest BCUT2D eigenvalue weighted by Crippen LogP contribution is 2.30. The maximum atomic E-state index is 11.8. The fourth-order valence-corrected chi connectivity index (χ4v) is 1.48. The topological polar surface area (TPSA) is 93.2 Å². The van der Waals surface area contributed by atoms with Gasteiger partial charge >= 0.3 is 0 Å². The minimum absolute atomic E-state index is 0.0310. The molecule has 1 atom stereocenters. The van der Waals surface area contributed by atoms with Crippen LogP contribution in [0.3, 0.4) is 0 Å². The van der Waals surface area contributed by atoms with E-state index in [2.05, 4.69) is 0 Å². The highest BCUT2D eigenvalue weighted by atomic mass is 16.5. The van der Waals surface area contributed by atoms with Gasteiger partial charge in [-0.25, -0.2) is 0 Å². The molecule has 1 unspecified atom stereocenters. The third kappa shape index (κ3) is 1.88. The maximum absolute atomic E-state index is 11.8. The van der Waals surface area contributed by atoms with E-state index in [1.54, 1.807) is 30.3 Å². The van der Waals surface area contributed by atoms with Gasteiger partial charge in [-0.15, -0.1) is 0 Å². The van der Waals surface area contributed by atoms with Crippen molar-refractivity contribution in [2.45, 2.75) is 0 Å². The van der Waals surface area contributed by atoms with Gasteiger partial charge in [-0.05, 0) is 18.2 Å². The number of fused-ring (bicyclic) bond motifs is 1. The summed E-state index contributed by atoms with van der Waals surface area (Å²) in [4.78, 5) is 22.7. The van der Waals surface area contributed by atoms with Crippen LogP contribution in [-0.2, 0) is 4.79 Å². The van der Waals surface area contributed by atoms with Gasteiger partial charge in [-0.1, -0.05) is 12.1 Å². The Kier molecular flexibility index (Phi) is 2.63. The third-order valence-corrected chi connectivity index (χ3v) is 2.34. The molecule has 0 fully saturated rings. The number of nitriles is 1. The molecule has 0 spiro atoms. The number of hydrogen-bond donors (Lipinski definition) is 1. The molecule has 5 heteroatoms. The van der Waals surface area contributed by atoms with E-state index in [-0.39, 0.29) is 11.5 Å². The summed E-state index contributed by atoms with van der Waals surface area (Å²) in [5.41, 5.74) is 5.42. The first-order valence-corrected chi connectivity index (χ1v) is 4.86. The quantitative estimate of drug-likeness (QED) is 0.756. The highest BCUT2D eigenvalue weighted by Gasteiger charge is 2.28. The van der Waals surface area contributed by atoms with E-state index >= 15 is 0 Å². The van der Waals surface area contributed by atoms with Crippen LogP contribution < -0.4 is 10.5 Å². The number of primary amides is 1. The standard InChI is InChI=1S/C12H8N2O3/c13-6-7(12(14)16)5-10-11(15)8-3-1-2-4-9(8)17-10/h1-5,7H,(H2,14,16)/b10-5+. The van der Waals surface area contributed by atoms with Crippen LogP contribution in [0.1, 0.15) is 10.4 Å². The summed E-state index contributed by atoms with van der Waals surface area (Å²) in [5, 5.41) is 8.70. The van der Waals surface area contributed by atoms with Gasteiger partial charge in [-0.2, -0.15) is 5.26 Å². The molecular weight excluding hydrogens is 220 g/mol. The van der Waals surface area contributed by atoms with Crippen LogP contribution >= 0.6 is 0 Å². The predicted molar refractivity (Wildman–Crippen MR) is 57.8 cm³/mol. The number of hydrogen-bond acceptors (Lipinski definition) is 4. The second kappa shape index (κ2) is 4.10. The van der Waals surface area contributed by atoms with Crippen LogP contribution in [0.2, 0.25) is 0 Å². The second-order valence-corrected chi connectivity index (χ2v) is 3.47. The Morgan fingerprint density at radius 2 is 2.18 bits per heavy atom. The summed E-state index contributed by atoms with van der Waals surface area (Å²) in [6, 6.07) is 8.38. The Hall–Kier alpha value is -2.61. The van der Waals surface area contributed by atoms with Crippen molar-refractivity contribution in [3.05, 3.63) is 41.7 Å². The lowest BCUT2D eigenvalue weighted by Crippen LogP contribution is -2.21. The molecule has 0 aliphatic carbocycles. The smallest absolute Gasteiger partial charge is 0.238 e. The summed E-state index contributed by atoms with van der Waals surface area (Å²) >= 11 is 0. The van der Waals surface area contributed by atoms with Crippen molar-refractivity contribution in [1.29, 1.82) is 5.26 Å². The number of benzene rings is 1. The Balaban J connectivity index is 2.35. The van der Waals surface area contributed by atoms with Crippen LogP contribution in [0, 0.1) is 17.2 Å². The van der Waals surface area contributed by atoms with Gasteiger partial charge in [-0.3, -0.25) is 9.59 Å². The van der Waals surface area contributed by atoms with Crippen molar-refractivity contribution in [2.24, 2.45) is 11.7 Å². The molecule has 0 aromatic heterocycles. The first-order valence-electron chi connectivity index (χ1n) is 4.86. The molecule has 1 aromatic rings. The van der Waals surface area contributed by atoms with E-state index in [0.29, 0.717) is 11.3 Å². The molecule has 5 nitrogen and oxygen atoms in total.